The first-order valence-corrected chi connectivity index (χ1v) is 9.18. The van der Waals surface area contributed by atoms with E-state index in [0.29, 0.717) is 6.42 Å². The van der Waals surface area contributed by atoms with Gasteiger partial charge in [-0.15, -0.1) is 0 Å². The summed E-state index contributed by atoms with van der Waals surface area (Å²) in [7, 11) is 0. The van der Waals surface area contributed by atoms with Crippen molar-refractivity contribution in [2.24, 2.45) is 5.92 Å². The van der Waals surface area contributed by atoms with E-state index in [4.69, 9.17) is 0 Å². The van der Waals surface area contributed by atoms with Gasteiger partial charge < -0.3 is 10.4 Å². The van der Waals surface area contributed by atoms with Crippen molar-refractivity contribution in [1.29, 1.82) is 0 Å². The molecule has 124 valence electrons. The van der Waals surface area contributed by atoms with Gasteiger partial charge >= 0.3 is 0 Å². The summed E-state index contributed by atoms with van der Waals surface area (Å²) in [6, 6.07) is 0.223. The van der Waals surface area contributed by atoms with E-state index in [9.17, 15) is 9.90 Å². The van der Waals surface area contributed by atoms with Gasteiger partial charge in [0.05, 0.1) is 0 Å². The molecule has 1 rings (SSSR count). The largest absolute Gasteiger partial charge is 0.396 e. The van der Waals surface area contributed by atoms with E-state index < -0.39 is 0 Å². The fourth-order valence-corrected chi connectivity index (χ4v) is 3.32. The summed E-state index contributed by atoms with van der Waals surface area (Å²) in [4.78, 5) is 11.9. The minimum Gasteiger partial charge on any atom is -0.396 e. The van der Waals surface area contributed by atoms with Gasteiger partial charge in [-0.05, 0) is 19.3 Å². The number of carbonyl (C=O) groups excluding carboxylic acids is 1. The molecular weight excluding hydrogens is 262 g/mol. The Kier molecular flexibility index (Phi) is 10.6. The Bertz CT molecular complexity index is 268. The number of hydrogen-bond donors (Lipinski definition) is 2. The molecule has 1 aliphatic carbocycles. The van der Waals surface area contributed by atoms with E-state index in [1.165, 1.54) is 51.4 Å². The van der Waals surface area contributed by atoms with Gasteiger partial charge in [-0.1, -0.05) is 64.7 Å². The molecular formula is C18H35NO2. The molecule has 0 aromatic carbocycles. The van der Waals surface area contributed by atoms with Crippen LogP contribution in [-0.4, -0.2) is 23.7 Å². The molecule has 0 heterocycles. The number of unbranched alkanes of at least 4 members (excludes halogenated alkanes) is 8. The maximum absolute atomic E-state index is 11.9. The molecule has 2 unspecified atom stereocenters. The second kappa shape index (κ2) is 12.0. The monoisotopic (exact) mass is 297 g/mol. The average Bonchev–Trinajstić information content (AvgIpc) is 2.92. The van der Waals surface area contributed by atoms with Crippen LogP contribution in [0.2, 0.25) is 0 Å². The lowest BCUT2D eigenvalue weighted by Gasteiger charge is -2.18. The van der Waals surface area contributed by atoms with Crippen LogP contribution >= 0.6 is 0 Å². The molecule has 1 fully saturated rings. The third kappa shape index (κ3) is 8.45. The molecule has 21 heavy (non-hydrogen) atoms. The van der Waals surface area contributed by atoms with Crippen molar-refractivity contribution in [2.45, 2.75) is 96.4 Å². The molecule has 2 atom stereocenters. The maximum Gasteiger partial charge on any atom is 0.220 e. The Hall–Kier alpha value is -0.570. The van der Waals surface area contributed by atoms with E-state index in [1.54, 1.807) is 0 Å². The second-order valence-corrected chi connectivity index (χ2v) is 6.63. The highest BCUT2D eigenvalue weighted by atomic mass is 16.3. The molecule has 0 saturated heterocycles. The number of aliphatic hydroxyl groups excluding tert-OH is 1. The lowest BCUT2D eigenvalue weighted by molar-refractivity contribution is -0.122. The van der Waals surface area contributed by atoms with E-state index in [0.717, 1.165) is 25.7 Å². The van der Waals surface area contributed by atoms with Crippen LogP contribution in [-0.2, 0) is 4.79 Å². The van der Waals surface area contributed by atoms with Gasteiger partial charge in [-0.2, -0.15) is 0 Å². The molecule has 0 aliphatic heterocycles. The van der Waals surface area contributed by atoms with Crippen LogP contribution in [0.25, 0.3) is 0 Å². The zero-order valence-electron chi connectivity index (χ0n) is 13.9. The number of amides is 1. The fraction of sp³-hybridized carbons (Fsp3) is 0.944. The number of carbonyl (C=O) groups is 1. The minimum absolute atomic E-state index is 0.184. The highest BCUT2D eigenvalue weighted by Gasteiger charge is 2.27. The Morgan fingerprint density at radius 3 is 2.24 bits per heavy atom. The topological polar surface area (TPSA) is 49.3 Å². The van der Waals surface area contributed by atoms with Gasteiger partial charge in [0.15, 0.2) is 0 Å². The van der Waals surface area contributed by atoms with E-state index >= 15 is 0 Å². The average molecular weight is 297 g/mol. The molecule has 3 heteroatoms. The van der Waals surface area contributed by atoms with Gasteiger partial charge in [0.2, 0.25) is 5.91 Å². The van der Waals surface area contributed by atoms with E-state index in [1.807, 2.05) is 0 Å². The predicted octanol–water partition coefficient (Wildman–Crippen LogP) is 4.18. The summed E-state index contributed by atoms with van der Waals surface area (Å²) in [6.45, 7) is 2.46. The Morgan fingerprint density at radius 1 is 1.00 bits per heavy atom. The van der Waals surface area contributed by atoms with Gasteiger partial charge in [0, 0.05) is 25.0 Å². The standard InChI is InChI=1S/C18H35NO2/c1-2-3-4-5-6-7-8-9-10-14-18(21)19-17-13-11-12-16(17)15-20/h16-17,20H,2-15H2,1H3,(H,19,21). The van der Waals surface area contributed by atoms with Crippen LogP contribution in [0.1, 0.15) is 90.4 Å². The molecule has 0 bridgehead atoms. The summed E-state index contributed by atoms with van der Waals surface area (Å²) in [5.74, 6) is 0.473. The van der Waals surface area contributed by atoms with Gasteiger partial charge in [0.25, 0.3) is 0 Å². The summed E-state index contributed by atoms with van der Waals surface area (Å²) in [5.41, 5.74) is 0. The third-order valence-corrected chi connectivity index (χ3v) is 4.75. The van der Waals surface area contributed by atoms with Gasteiger partial charge in [-0.3, -0.25) is 4.79 Å². The van der Waals surface area contributed by atoms with Crippen molar-refractivity contribution in [3.8, 4) is 0 Å². The molecule has 0 aromatic rings. The zero-order valence-corrected chi connectivity index (χ0v) is 13.9. The van der Waals surface area contributed by atoms with Crippen LogP contribution in [0.4, 0.5) is 0 Å². The van der Waals surface area contributed by atoms with Crippen LogP contribution in [0, 0.1) is 5.92 Å². The highest BCUT2D eigenvalue weighted by Crippen LogP contribution is 2.25. The van der Waals surface area contributed by atoms with Gasteiger partial charge in [-0.25, -0.2) is 0 Å². The third-order valence-electron chi connectivity index (χ3n) is 4.75. The van der Waals surface area contributed by atoms with Crippen molar-refractivity contribution in [1.82, 2.24) is 5.32 Å². The van der Waals surface area contributed by atoms with Gasteiger partial charge in [0.1, 0.15) is 0 Å². The number of hydrogen-bond acceptors (Lipinski definition) is 2. The summed E-state index contributed by atoms with van der Waals surface area (Å²) in [6.07, 6.45) is 15.4. The fourth-order valence-electron chi connectivity index (χ4n) is 3.32. The van der Waals surface area contributed by atoms with Crippen molar-refractivity contribution in [2.75, 3.05) is 6.61 Å². The second-order valence-electron chi connectivity index (χ2n) is 6.63. The lowest BCUT2D eigenvalue weighted by atomic mass is 10.0. The SMILES string of the molecule is CCCCCCCCCCCC(=O)NC1CCCC1CO. The van der Waals surface area contributed by atoms with Crippen molar-refractivity contribution >= 4 is 5.91 Å². The first kappa shape index (κ1) is 18.5. The smallest absolute Gasteiger partial charge is 0.220 e. The molecule has 1 amide bonds. The Balaban J connectivity index is 1.91. The van der Waals surface area contributed by atoms with Crippen molar-refractivity contribution in [3.05, 3.63) is 0 Å². The molecule has 0 spiro atoms. The zero-order chi connectivity index (χ0) is 15.3. The van der Waals surface area contributed by atoms with Crippen LogP contribution in [0.5, 0.6) is 0 Å². The Labute approximate surface area is 130 Å². The predicted molar refractivity (Wildman–Crippen MR) is 88.2 cm³/mol. The number of nitrogens with one attached hydrogen (secondary N) is 1. The number of aliphatic hydroxyl groups is 1. The van der Waals surface area contributed by atoms with Crippen LogP contribution in [0.3, 0.4) is 0 Å². The minimum atomic E-state index is 0.184. The maximum atomic E-state index is 11.9. The molecule has 3 nitrogen and oxygen atoms in total. The molecule has 1 saturated carbocycles. The lowest BCUT2D eigenvalue weighted by Crippen LogP contribution is -2.38. The normalized spacial score (nSPS) is 21.6. The summed E-state index contributed by atoms with van der Waals surface area (Å²) < 4.78 is 0. The summed E-state index contributed by atoms with van der Waals surface area (Å²) in [5, 5.41) is 12.4. The number of rotatable bonds is 12. The first-order valence-electron chi connectivity index (χ1n) is 9.18. The molecule has 0 radical (unpaired) electrons. The highest BCUT2D eigenvalue weighted by molar-refractivity contribution is 5.76. The molecule has 1 aliphatic rings. The quantitative estimate of drug-likeness (QED) is 0.531. The van der Waals surface area contributed by atoms with Crippen molar-refractivity contribution in [3.63, 3.8) is 0 Å². The Morgan fingerprint density at radius 2 is 1.62 bits per heavy atom. The van der Waals surface area contributed by atoms with E-state index in [2.05, 4.69) is 12.2 Å². The van der Waals surface area contributed by atoms with E-state index in [-0.39, 0.29) is 24.5 Å². The molecule has 2 N–H and O–H groups in total. The summed E-state index contributed by atoms with van der Waals surface area (Å²) >= 11 is 0. The first-order chi connectivity index (χ1) is 10.3. The van der Waals surface area contributed by atoms with Crippen LogP contribution < -0.4 is 5.32 Å². The molecule has 0 aromatic heterocycles. The van der Waals surface area contributed by atoms with Crippen LogP contribution in [0.15, 0.2) is 0 Å². The van der Waals surface area contributed by atoms with Crippen molar-refractivity contribution < 1.29 is 9.90 Å².